The Kier molecular flexibility index (Phi) is 5.76. The molecule has 0 unspecified atom stereocenters. The van der Waals surface area contributed by atoms with Crippen LogP contribution in [0.15, 0.2) is 57.5 Å². The van der Waals surface area contributed by atoms with Gasteiger partial charge in [0.05, 0.1) is 6.54 Å². The molecule has 2 aromatic carbocycles. The van der Waals surface area contributed by atoms with Gasteiger partial charge in [0.25, 0.3) is 0 Å². The van der Waals surface area contributed by atoms with E-state index in [2.05, 4.69) is 42.5 Å². The van der Waals surface area contributed by atoms with Crippen LogP contribution in [0.2, 0.25) is 0 Å². The molecular weight excluding hydrogens is 384 g/mol. The molecule has 5 heteroatoms. The summed E-state index contributed by atoms with van der Waals surface area (Å²) in [4.78, 5) is 11.8. The molecule has 104 valence electrons. The number of amides is 1. The van der Waals surface area contributed by atoms with E-state index in [0.717, 1.165) is 20.2 Å². The zero-order valence-electron chi connectivity index (χ0n) is 10.7. The summed E-state index contributed by atoms with van der Waals surface area (Å²) in [5.41, 5.74) is 1.91. The first-order chi connectivity index (χ1) is 9.65. The molecule has 0 aromatic heterocycles. The standard InChI is InChI=1S/C15H14Br2N2O/c16-12-5-3-6-13(8-12)19-15(20)10-18-9-11-4-1-2-7-14(11)17/h1-8,18H,9-10H2,(H,19,20). The molecule has 2 N–H and O–H groups in total. The highest BCUT2D eigenvalue weighted by atomic mass is 79.9. The van der Waals surface area contributed by atoms with Gasteiger partial charge in [0, 0.05) is 21.2 Å². The van der Waals surface area contributed by atoms with Crippen molar-refractivity contribution in [1.82, 2.24) is 5.32 Å². The highest BCUT2D eigenvalue weighted by Gasteiger charge is 2.03. The van der Waals surface area contributed by atoms with E-state index in [4.69, 9.17) is 0 Å². The Labute approximate surface area is 135 Å². The van der Waals surface area contributed by atoms with Crippen LogP contribution in [0.25, 0.3) is 0 Å². The van der Waals surface area contributed by atoms with Crippen LogP contribution < -0.4 is 10.6 Å². The molecule has 0 aliphatic rings. The van der Waals surface area contributed by atoms with Crippen molar-refractivity contribution in [3.63, 3.8) is 0 Å². The second-order valence-electron chi connectivity index (χ2n) is 4.25. The van der Waals surface area contributed by atoms with Crippen molar-refractivity contribution in [2.24, 2.45) is 0 Å². The Balaban J connectivity index is 1.80. The van der Waals surface area contributed by atoms with Crippen molar-refractivity contribution >= 4 is 43.5 Å². The molecule has 20 heavy (non-hydrogen) atoms. The van der Waals surface area contributed by atoms with Gasteiger partial charge in [-0.25, -0.2) is 0 Å². The second kappa shape index (κ2) is 7.57. The fraction of sp³-hybridized carbons (Fsp3) is 0.133. The fourth-order valence-corrected chi connectivity index (χ4v) is 2.55. The van der Waals surface area contributed by atoms with Crippen LogP contribution in [0.3, 0.4) is 0 Å². The quantitative estimate of drug-likeness (QED) is 0.802. The van der Waals surface area contributed by atoms with Crippen LogP contribution in [0.4, 0.5) is 5.69 Å². The first-order valence-electron chi connectivity index (χ1n) is 6.15. The van der Waals surface area contributed by atoms with E-state index in [9.17, 15) is 4.79 Å². The first-order valence-corrected chi connectivity index (χ1v) is 7.73. The molecule has 1 amide bonds. The predicted molar refractivity (Wildman–Crippen MR) is 88.6 cm³/mol. The van der Waals surface area contributed by atoms with Gasteiger partial charge in [-0.1, -0.05) is 56.1 Å². The minimum atomic E-state index is -0.0600. The van der Waals surface area contributed by atoms with E-state index in [-0.39, 0.29) is 12.5 Å². The lowest BCUT2D eigenvalue weighted by Crippen LogP contribution is -2.27. The molecule has 2 aromatic rings. The molecule has 0 saturated carbocycles. The van der Waals surface area contributed by atoms with Gasteiger partial charge in [0.1, 0.15) is 0 Å². The average Bonchev–Trinajstić information content (AvgIpc) is 2.41. The molecule has 0 bridgehead atoms. The Morgan fingerprint density at radius 1 is 1.05 bits per heavy atom. The molecular formula is C15H14Br2N2O. The Morgan fingerprint density at radius 3 is 2.60 bits per heavy atom. The number of carbonyl (C=O) groups excluding carboxylic acids is 1. The highest BCUT2D eigenvalue weighted by molar-refractivity contribution is 9.10. The maximum absolute atomic E-state index is 11.8. The third kappa shape index (κ3) is 4.74. The van der Waals surface area contributed by atoms with Crippen molar-refractivity contribution in [2.75, 3.05) is 11.9 Å². The zero-order valence-corrected chi connectivity index (χ0v) is 13.9. The molecule has 3 nitrogen and oxygen atoms in total. The van der Waals surface area contributed by atoms with Gasteiger partial charge in [-0.05, 0) is 29.8 Å². The van der Waals surface area contributed by atoms with Gasteiger partial charge in [0.15, 0.2) is 0 Å². The van der Waals surface area contributed by atoms with Gasteiger partial charge in [-0.15, -0.1) is 0 Å². The van der Waals surface area contributed by atoms with Crippen molar-refractivity contribution in [3.05, 3.63) is 63.0 Å². The van der Waals surface area contributed by atoms with Crippen molar-refractivity contribution in [1.29, 1.82) is 0 Å². The normalized spacial score (nSPS) is 10.3. The second-order valence-corrected chi connectivity index (χ2v) is 6.02. The maximum atomic E-state index is 11.8. The summed E-state index contributed by atoms with van der Waals surface area (Å²) >= 11 is 6.85. The van der Waals surface area contributed by atoms with Gasteiger partial charge in [0.2, 0.25) is 5.91 Å². The molecule has 0 spiro atoms. The Morgan fingerprint density at radius 2 is 1.85 bits per heavy atom. The van der Waals surface area contributed by atoms with E-state index < -0.39 is 0 Å². The molecule has 0 aliphatic heterocycles. The topological polar surface area (TPSA) is 41.1 Å². The van der Waals surface area contributed by atoms with Crippen molar-refractivity contribution in [2.45, 2.75) is 6.54 Å². The van der Waals surface area contributed by atoms with Gasteiger partial charge < -0.3 is 10.6 Å². The molecule has 0 atom stereocenters. The van der Waals surface area contributed by atoms with Crippen LogP contribution in [0.1, 0.15) is 5.56 Å². The number of halogens is 2. The minimum Gasteiger partial charge on any atom is -0.325 e. The summed E-state index contributed by atoms with van der Waals surface area (Å²) in [5.74, 6) is -0.0600. The lowest BCUT2D eigenvalue weighted by molar-refractivity contribution is -0.115. The summed E-state index contributed by atoms with van der Waals surface area (Å²) in [6, 6.07) is 15.5. The summed E-state index contributed by atoms with van der Waals surface area (Å²) in [7, 11) is 0. The predicted octanol–water partition coefficient (Wildman–Crippen LogP) is 3.94. The number of anilines is 1. The Bertz CT molecular complexity index is 602. The third-order valence-corrected chi connectivity index (χ3v) is 3.93. The SMILES string of the molecule is O=C(CNCc1ccccc1Br)Nc1cccc(Br)c1. The van der Waals surface area contributed by atoms with E-state index in [0.29, 0.717) is 6.54 Å². The lowest BCUT2D eigenvalue weighted by Gasteiger charge is -2.08. The van der Waals surface area contributed by atoms with Gasteiger partial charge in [-0.2, -0.15) is 0 Å². The number of hydrogen-bond acceptors (Lipinski definition) is 2. The van der Waals surface area contributed by atoms with E-state index >= 15 is 0 Å². The van der Waals surface area contributed by atoms with Crippen LogP contribution in [-0.2, 0) is 11.3 Å². The average molecular weight is 398 g/mol. The maximum Gasteiger partial charge on any atom is 0.238 e. The van der Waals surface area contributed by atoms with Gasteiger partial charge >= 0.3 is 0 Å². The number of rotatable bonds is 5. The number of nitrogens with one attached hydrogen (secondary N) is 2. The third-order valence-electron chi connectivity index (χ3n) is 2.67. The summed E-state index contributed by atoms with van der Waals surface area (Å²) < 4.78 is 1.98. The molecule has 0 radical (unpaired) electrons. The zero-order chi connectivity index (χ0) is 14.4. The number of carbonyl (C=O) groups is 1. The molecule has 2 rings (SSSR count). The molecule has 0 fully saturated rings. The van der Waals surface area contributed by atoms with Crippen LogP contribution in [0.5, 0.6) is 0 Å². The lowest BCUT2D eigenvalue weighted by atomic mass is 10.2. The monoisotopic (exact) mass is 396 g/mol. The Hall–Kier alpha value is -1.17. The summed E-state index contributed by atoms with van der Waals surface area (Å²) in [5, 5.41) is 5.96. The van der Waals surface area contributed by atoms with Crippen LogP contribution >= 0.6 is 31.9 Å². The number of benzene rings is 2. The van der Waals surface area contributed by atoms with E-state index in [1.165, 1.54) is 0 Å². The molecule has 0 aliphatic carbocycles. The van der Waals surface area contributed by atoms with Crippen LogP contribution in [0, 0.1) is 0 Å². The molecule has 0 saturated heterocycles. The summed E-state index contributed by atoms with van der Waals surface area (Å²) in [6.45, 7) is 0.918. The number of hydrogen-bond donors (Lipinski definition) is 2. The van der Waals surface area contributed by atoms with Crippen molar-refractivity contribution < 1.29 is 4.79 Å². The first kappa shape index (κ1) is 15.2. The van der Waals surface area contributed by atoms with E-state index in [1.54, 1.807) is 0 Å². The molecule has 0 heterocycles. The smallest absolute Gasteiger partial charge is 0.238 e. The van der Waals surface area contributed by atoms with Crippen molar-refractivity contribution in [3.8, 4) is 0 Å². The van der Waals surface area contributed by atoms with Gasteiger partial charge in [-0.3, -0.25) is 4.79 Å². The fourth-order valence-electron chi connectivity index (χ4n) is 1.72. The van der Waals surface area contributed by atoms with Crippen LogP contribution in [-0.4, -0.2) is 12.5 Å². The summed E-state index contributed by atoms with van der Waals surface area (Å²) in [6.07, 6.45) is 0. The highest BCUT2D eigenvalue weighted by Crippen LogP contribution is 2.16. The minimum absolute atomic E-state index is 0.0600. The van der Waals surface area contributed by atoms with E-state index in [1.807, 2.05) is 48.5 Å². The largest absolute Gasteiger partial charge is 0.325 e.